The summed E-state index contributed by atoms with van der Waals surface area (Å²) in [6, 6.07) is 25.3. The van der Waals surface area contributed by atoms with Crippen LogP contribution < -0.4 is 0 Å². The van der Waals surface area contributed by atoms with Crippen LogP contribution in [0.5, 0.6) is 0 Å². The Kier molecular flexibility index (Phi) is 11.4. The Labute approximate surface area is 293 Å². The monoisotopic (exact) mass is 734 g/mol. The van der Waals surface area contributed by atoms with Gasteiger partial charge in [-0.25, -0.2) is 12.2 Å². The van der Waals surface area contributed by atoms with Crippen LogP contribution in [0.25, 0.3) is 21.5 Å². The number of fused-ring (bicyclic) bond motifs is 3. The van der Waals surface area contributed by atoms with Crippen LogP contribution in [-0.2, 0) is 47.4 Å². The molecule has 0 nitrogen and oxygen atoms in total. The first kappa shape index (κ1) is 37.4. The normalized spacial score (nSPS) is 13.3. The van der Waals surface area contributed by atoms with Gasteiger partial charge in [0.05, 0.1) is 0 Å². The zero-order valence-corrected chi connectivity index (χ0v) is 30.3. The summed E-state index contributed by atoms with van der Waals surface area (Å²) in [5.41, 5.74) is 2.11. The van der Waals surface area contributed by atoms with Crippen LogP contribution in [0.1, 0.15) is 81.3 Å². The molecule has 0 radical (unpaired) electrons. The zero-order chi connectivity index (χ0) is 35.5. The standard InChI is InChI=1S/C21H25.C15H8F6.C5H5.Zr/c1-20(2,3)16-7-9-18-14(12-16)11-15-13-17(21(4,5)6)8-10-19(15)18;16-14(17,18)12-5-1-3-10(8-12)7-11-4-2-6-13(9-11)15(19,20)21;1-2-4-5-3-1;/h7-13H,1-6H3;1-6,8-9H;1-3H,4H2;/q-1;;-1;+2. The SMILES string of the molecule is CC(C)(C)c1ccc2c(c1)[cH-]c1cc(C(C)(C)C)ccc12.FC(F)(F)c1cccc([C](=[Zr+2])c2cccc(C(F)(F)F)c2)c1.[C-]1=CC=CC1. The van der Waals surface area contributed by atoms with Gasteiger partial charge in [-0.05, 0) is 10.8 Å². The van der Waals surface area contributed by atoms with E-state index in [9.17, 15) is 26.3 Å². The molecule has 0 aliphatic heterocycles. The molecule has 1 aliphatic carbocycles. The van der Waals surface area contributed by atoms with Gasteiger partial charge >= 0.3 is 137 Å². The largest absolute Gasteiger partial charge is 0.273 e. The summed E-state index contributed by atoms with van der Waals surface area (Å²) in [6.45, 7) is 13.6. The quantitative estimate of drug-likeness (QED) is 0.125. The molecule has 0 unspecified atom stereocenters. The third-order valence-corrected chi connectivity index (χ3v) is 9.40. The van der Waals surface area contributed by atoms with Crippen LogP contribution in [0.3, 0.4) is 0 Å². The Bertz CT molecular complexity index is 1820. The molecule has 0 spiro atoms. The molecular formula is C41H38F6Zr. The van der Waals surface area contributed by atoms with Gasteiger partial charge in [0.1, 0.15) is 0 Å². The van der Waals surface area contributed by atoms with Crippen molar-refractivity contribution in [1.29, 1.82) is 0 Å². The van der Waals surface area contributed by atoms with Crippen LogP contribution in [0.4, 0.5) is 26.3 Å². The molecule has 0 bridgehead atoms. The number of benzene rings is 4. The minimum absolute atomic E-state index is 0.203. The van der Waals surface area contributed by atoms with Crippen molar-refractivity contribution in [2.24, 2.45) is 0 Å². The van der Waals surface area contributed by atoms with E-state index in [4.69, 9.17) is 0 Å². The molecule has 6 rings (SSSR count). The Morgan fingerprint density at radius 2 is 1.04 bits per heavy atom. The van der Waals surface area contributed by atoms with E-state index in [2.05, 4.69) is 96.2 Å². The van der Waals surface area contributed by atoms with Crippen LogP contribution in [0.15, 0.2) is 109 Å². The average Bonchev–Trinajstić information content (AvgIpc) is 3.71. The van der Waals surface area contributed by atoms with E-state index in [1.807, 2.05) is 12.2 Å². The molecule has 0 saturated heterocycles. The predicted octanol–water partition coefficient (Wildman–Crippen LogP) is 12.5. The van der Waals surface area contributed by atoms with E-state index in [0.29, 0.717) is 3.21 Å². The van der Waals surface area contributed by atoms with Crippen LogP contribution >= 0.6 is 0 Å². The molecular weight excluding hydrogens is 698 g/mol. The number of alkyl halides is 6. The predicted molar refractivity (Wildman–Crippen MR) is 182 cm³/mol. The first-order valence-corrected chi connectivity index (χ1v) is 16.8. The fraction of sp³-hybridized carbons (Fsp3) is 0.268. The van der Waals surface area contributed by atoms with E-state index in [-0.39, 0.29) is 22.0 Å². The first-order valence-electron chi connectivity index (χ1n) is 15.5. The summed E-state index contributed by atoms with van der Waals surface area (Å²) in [6.07, 6.45) is 1.03. The van der Waals surface area contributed by atoms with Crippen molar-refractivity contribution in [3.8, 4) is 0 Å². The van der Waals surface area contributed by atoms with E-state index >= 15 is 0 Å². The molecule has 0 N–H and O–H groups in total. The fourth-order valence-corrected chi connectivity index (χ4v) is 5.93. The maximum Gasteiger partial charge on any atom is -0.109 e. The molecule has 248 valence electrons. The van der Waals surface area contributed by atoms with Gasteiger partial charge in [0.2, 0.25) is 0 Å². The molecule has 0 fully saturated rings. The number of halogens is 6. The molecule has 1 aliphatic rings. The maximum absolute atomic E-state index is 12.7. The zero-order valence-electron chi connectivity index (χ0n) is 27.9. The number of rotatable bonds is 2. The van der Waals surface area contributed by atoms with Gasteiger partial charge in [-0.15, -0.1) is 46.2 Å². The van der Waals surface area contributed by atoms with Crippen molar-refractivity contribution in [2.75, 3.05) is 0 Å². The molecule has 0 aromatic heterocycles. The third-order valence-electron chi connectivity index (χ3n) is 7.98. The Morgan fingerprint density at radius 1 is 0.604 bits per heavy atom. The van der Waals surface area contributed by atoms with E-state index in [1.54, 1.807) is 0 Å². The third kappa shape index (κ3) is 9.59. The number of hydrogen-bond acceptors (Lipinski definition) is 0. The molecule has 0 amide bonds. The van der Waals surface area contributed by atoms with E-state index < -0.39 is 23.5 Å². The van der Waals surface area contributed by atoms with Gasteiger partial charge in [-0.3, -0.25) is 6.08 Å². The van der Waals surface area contributed by atoms with Gasteiger partial charge in [0.15, 0.2) is 0 Å². The van der Waals surface area contributed by atoms with Gasteiger partial charge < -0.3 is 0 Å². The van der Waals surface area contributed by atoms with Crippen LogP contribution in [0, 0.1) is 6.08 Å². The number of hydrogen-bond donors (Lipinski definition) is 0. The van der Waals surface area contributed by atoms with Crippen molar-refractivity contribution in [3.05, 3.63) is 149 Å². The minimum atomic E-state index is -4.49. The average molecular weight is 736 g/mol. The van der Waals surface area contributed by atoms with Gasteiger partial charge in [0, 0.05) is 0 Å². The Hall–Kier alpha value is -3.44. The van der Waals surface area contributed by atoms with Gasteiger partial charge in [-0.1, -0.05) is 76.9 Å². The minimum Gasteiger partial charge on any atom is -0.273 e. The van der Waals surface area contributed by atoms with Crippen molar-refractivity contribution in [3.63, 3.8) is 0 Å². The molecule has 0 saturated carbocycles. The van der Waals surface area contributed by atoms with Crippen molar-refractivity contribution in [1.82, 2.24) is 0 Å². The van der Waals surface area contributed by atoms with Crippen molar-refractivity contribution in [2.45, 2.75) is 71.1 Å². The molecule has 48 heavy (non-hydrogen) atoms. The second kappa shape index (κ2) is 14.6. The Balaban J connectivity index is 0.000000189. The fourth-order valence-electron chi connectivity index (χ4n) is 5.16. The van der Waals surface area contributed by atoms with Crippen LogP contribution in [0.2, 0.25) is 0 Å². The first-order chi connectivity index (χ1) is 22.2. The molecule has 0 atom stereocenters. The summed E-state index contributed by atoms with van der Waals surface area (Å²) >= 11 is 0.729. The van der Waals surface area contributed by atoms with E-state index in [1.165, 1.54) is 56.9 Å². The smallest absolute Gasteiger partial charge is 0.109 e. The van der Waals surface area contributed by atoms with Crippen molar-refractivity contribution < 1.29 is 50.6 Å². The van der Waals surface area contributed by atoms with Gasteiger partial charge in [0.25, 0.3) is 0 Å². The van der Waals surface area contributed by atoms with Gasteiger partial charge in [-0.2, -0.15) is 6.08 Å². The second-order valence-electron chi connectivity index (χ2n) is 13.8. The van der Waals surface area contributed by atoms with Crippen LogP contribution in [-0.4, -0.2) is 3.21 Å². The topological polar surface area (TPSA) is 0 Å². The number of allylic oxidation sites excluding steroid dienone is 4. The molecule has 5 aromatic rings. The molecule has 5 aromatic carbocycles. The summed E-state index contributed by atoms with van der Waals surface area (Å²) in [5, 5.41) is 5.48. The van der Waals surface area contributed by atoms with E-state index in [0.717, 1.165) is 54.9 Å². The maximum atomic E-state index is 12.7. The van der Waals surface area contributed by atoms with Crippen molar-refractivity contribution >= 4 is 24.8 Å². The summed E-state index contributed by atoms with van der Waals surface area (Å²) < 4.78 is 76.7. The summed E-state index contributed by atoms with van der Waals surface area (Å²) in [5.74, 6) is 0. The molecule has 7 heteroatoms. The summed E-state index contributed by atoms with van der Waals surface area (Å²) in [7, 11) is 0. The summed E-state index contributed by atoms with van der Waals surface area (Å²) in [4.78, 5) is 0. The Morgan fingerprint density at radius 3 is 1.35 bits per heavy atom. The molecule has 0 heterocycles. The second-order valence-corrected chi connectivity index (χ2v) is 15.0.